The summed E-state index contributed by atoms with van der Waals surface area (Å²) in [7, 11) is 0. The molecule has 3 aromatic rings. The van der Waals surface area contributed by atoms with Crippen molar-refractivity contribution in [3.05, 3.63) is 83.4 Å². The number of pyridine rings is 1. The maximum atomic E-state index is 13.4. The van der Waals surface area contributed by atoms with Crippen molar-refractivity contribution in [3.8, 4) is 11.1 Å². The van der Waals surface area contributed by atoms with Gasteiger partial charge in [0.05, 0.1) is 5.02 Å². The van der Waals surface area contributed by atoms with E-state index in [1.54, 1.807) is 18.5 Å². The molecule has 110 valence electrons. The number of nitrogens with zero attached hydrogens (tertiary/aromatic N) is 1. The molecule has 1 heterocycles. The number of hydrogen-bond acceptors (Lipinski definition) is 2. The van der Waals surface area contributed by atoms with Crippen molar-refractivity contribution >= 4 is 17.3 Å². The van der Waals surface area contributed by atoms with Crippen LogP contribution < -0.4 is 5.32 Å². The van der Waals surface area contributed by atoms with Gasteiger partial charge in [0, 0.05) is 24.6 Å². The summed E-state index contributed by atoms with van der Waals surface area (Å²) in [5.74, 6) is -0.397. The van der Waals surface area contributed by atoms with Gasteiger partial charge < -0.3 is 5.32 Å². The second kappa shape index (κ2) is 6.58. The highest BCUT2D eigenvalue weighted by Gasteiger charge is 2.02. The third-order valence-corrected chi connectivity index (χ3v) is 3.66. The van der Waals surface area contributed by atoms with E-state index >= 15 is 0 Å². The van der Waals surface area contributed by atoms with Crippen molar-refractivity contribution in [2.45, 2.75) is 6.54 Å². The van der Waals surface area contributed by atoms with Gasteiger partial charge in [-0.1, -0.05) is 29.8 Å². The van der Waals surface area contributed by atoms with Crippen LogP contribution in [0.15, 0.2) is 67.0 Å². The Morgan fingerprint density at radius 1 is 0.955 bits per heavy atom. The second-order valence-corrected chi connectivity index (χ2v) is 5.33. The lowest BCUT2D eigenvalue weighted by atomic mass is 10.1. The molecule has 0 bridgehead atoms. The number of hydrogen-bond donors (Lipinski definition) is 1. The highest BCUT2D eigenvalue weighted by Crippen LogP contribution is 2.22. The van der Waals surface area contributed by atoms with Gasteiger partial charge in [0.15, 0.2) is 0 Å². The Balaban J connectivity index is 1.74. The predicted molar refractivity (Wildman–Crippen MR) is 88.4 cm³/mol. The zero-order valence-electron chi connectivity index (χ0n) is 11.8. The summed E-state index contributed by atoms with van der Waals surface area (Å²) in [6.45, 7) is 0.536. The van der Waals surface area contributed by atoms with E-state index in [0.29, 0.717) is 6.54 Å². The number of rotatable bonds is 4. The molecule has 2 aromatic carbocycles. The lowest BCUT2D eigenvalue weighted by molar-refractivity contribution is 0.626. The van der Waals surface area contributed by atoms with Crippen LogP contribution in [0.4, 0.5) is 10.1 Å². The van der Waals surface area contributed by atoms with Gasteiger partial charge in [-0.3, -0.25) is 4.98 Å². The molecule has 0 unspecified atom stereocenters. The average molecular weight is 313 g/mol. The standard InChI is InChI=1S/C18H14ClFN2/c19-17-5-4-13(10-18(17)20)12-22-16-3-1-2-15(11-16)14-6-8-21-9-7-14/h1-11,22H,12H2. The Morgan fingerprint density at radius 2 is 1.77 bits per heavy atom. The third-order valence-electron chi connectivity index (χ3n) is 3.36. The summed E-state index contributed by atoms with van der Waals surface area (Å²) in [6, 6.07) is 16.8. The largest absolute Gasteiger partial charge is 0.381 e. The second-order valence-electron chi connectivity index (χ2n) is 4.92. The Labute approximate surface area is 133 Å². The van der Waals surface area contributed by atoms with Gasteiger partial charge in [0.1, 0.15) is 5.82 Å². The number of benzene rings is 2. The smallest absolute Gasteiger partial charge is 0.142 e. The van der Waals surface area contributed by atoms with E-state index in [2.05, 4.69) is 16.4 Å². The van der Waals surface area contributed by atoms with E-state index in [9.17, 15) is 4.39 Å². The fourth-order valence-electron chi connectivity index (χ4n) is 2.21. The molecule has 0 aliphatic carbocycles. The SMILES string of the molecule is Fc1cc(CNc2cccc(-c3ccncc3)c2)ccc1Cl. The van der Waals surface area contributed by atoms with Crippen molar-refractivity contribution in [2.75, 3.05) is 5.32 Å². The molecule has 0 aliphatic rings. The summed E-state index contributed by atoms with van der Waals surface area (Å²) < 4.78 is 13.4. The maximum absolute atomic E-state index is 13.4. The molecule has 0 fully saturated rings. The number of anilines is 1. The Bertz CT molecular complexity index is 775. The molecule has 0 saturated heterocycles. The van der Waals surface area contributed by atoms with Gasteiger partial charge in [-0.05, 0) is 53.1 Å². The van der Waals surface area contributed by atoms with Crippen LogP contribution in [-0.2, 0) is 6.54 Å². The van der Waals surface area contributed by atoms with Crippen molar-refractivity contribution in [1.29, 1.82) is 0 Å². The summed E-state index contributed by atoms with van der Waals surface area (Å²) in [4.78, 5) is 4.02. The monoisotopic (exact) mass is 312 g/mol. The zero-order valence-corrected chi connectivity index (χ0v) is 12.5. The molecular weight excluding hydrogens is 299 g/mol. The highest BCUT2D eigenvalue weighted by molar-refractivity contribution is 6.30. The molecule has 3 rings (SSSR count). The van der Waals surface area contributed by atoms with Crippen LogP contribution in [0.1, 0.15) is 5.56 Å². The van der Waals surface area contributed by atoms with Crippen molar-refractivity contribution in [1.82, 2.24) is 4.98 Å². The first-order valence-electron chi connectivity index (χ1n) is 6.90. The zero-order chi connectivity index (χ0) is 15.4. The van der Waals surface area contributed by atoms with Crippen LogP contribution in [0.2, 0.25) is 5.02 Å². The molecule has 2 nitrogen and oxygen atoms in total. The van der Waals surface area contributed by atoms with E-state index in [4.69, 9.17) is 11.6 Å². The van der Waals surface area contributed by atoms with Crippen LogP contribution in [0.25, 0.3) is 11.1 Å². The number of nitrogens with one attached hydrogen (secondary N) is 1. The van der Waals surface area contributed by atoms with E-state index in [1.165, 1.54) is 6.07 Å². The minimum absolute atomic E-state index is 0.142. The van der Waals surface area contributed by atoms with Crippen LogP contribution in [0, 0.1) is 5.82 Å². The highest BCUT2D eigenvalue weighted by atomic mass is 35.5. The first-order valence-corrected chi connectivity index (χ1v) is 7.28. The first-order chi connectivity index (χ1) is 10.7. The minimum atomic E-state index is -0.397. The summed E-state index contributed by atoms with van der Waals surface area (Å²) in [5, 5.41) is 3.43. The fourth-order valence-corrected chi connectivity index (χ4v) is 2.32. The maximum Gasteiger partial charge on any atom is 0.142 e. The van der Waals surface area contributed by atoms with Gasteiger partial charge in [0.2, 0.25) is 0 Å². The molecule has 0 radical (unpaired) electrons. The van der Waals surface area contributed by atoms with Gasteiger partial charge in [0.25, 0.3) is 0 Å². The topological polar surface area (TPSA) is 24.9 Å². The summed E-state index contributed by atoms with van der Waals surface area (Å²) >= 11 is 5.69. The van der Waals surface area contributed by atoms with E-state index in [1.807, 2.05) is 36.4 Å². The molecule has 0 aliphatic heterocycles. The molecule has 0 amide bonds. The summed E-state index contributed by atoms with van der Waals surface area (Å²) in [5.41, 5.74) is 4.03. The molecule has 22 heavy (non-hydrogen) atoms. The van der Waals surface area contributed by atoms with E-state index in [0.717, 1.165) is 22.4 Å². The Kier molecular flexibility index (Phi) is 4.35. The van der Waals surface area contributed by atoms with Crippen LogP contribution in [0.5, 0.6) is 0 Å². The molecule has 1 N–H and O–H groups in total. The van der Waals surface area contributed by atoms with E-state index in [-0.39, 0.29) is 5.02 Å². The van der Waals surface area contributed by atoms with Crippen molar-refractivity contribution < 1.29 is 4.39 Å². The van der Waals surface area contributed by atoms with Crippen LogP contribution in [0.3, 0.4) is 0 Å². The molecule has 0 saturated carbocycles. The van der Waals surface area contributed by atoms with Gasteiger partial charge in [-0.2, -0.15) is 0 Å². The molecule has 1 aromatic heterocycles. The van der Waals surface area contributed by atoms with Crippen LogP contribution >= 0.6 is 11.6 Å². The first kappa shape index (κ1) is 14.5. The normalized spacial score (nSPS) is 10.5. The molecule has 4 heteroatoms. The quantitative estimate of drug-likeness (QED) is 0.720. The van der Waals surface area contributed by atoms with Gasteiger partial charge in [-0.25, -0.2) is 4.39 Å². The molecular formula is C18H14ClFN2. The third kappa shape index (κ3) is 3.43. The van der Waals surface area contributed by atoms with Gasteiger partial charge in [-0.15, -0.1) is 0 Å². The lowest BCUT2D eigenvalue weighted by Gasteiger charge is -2.09. The van der Waals surface area contributed by atoms with E-state index < -0.39 is 5.82 Å². The minimum Gasteiger partial charge on any atom is -0.381 e. The van der Waals surface area contributed by atoms with Gasteiger partial charge >= 0.3 is 0 Å². The fraction of sp³-hybridized carbons (Fsp3) is 0.0556. The Hall–Kier alpha value is -2.39. The van der Waals surface area contributed by atoms with Crippen molar-refractivity contribution in [2.24, 2.45) is 0 Å². The summed E-state index contributed by atoms with van der Waals surface area (Å²) in [6.07, 6.45) is 3.54. The Morgan fingerprint density at radius 3 is 2.55 bits per heavy atom. The van der Waals surface area contributed by atoms with Crippen LogP contribution in [-0.4, -0.2) is 4.98 Å². The number of halogens is 2. The lowest BCUT2D eigenvalue weighted by Crippen LogP contribution is -2.00. The average Bonchev–Trinajstić information content (AvgIpc) is 2.57. The molecule has 0 atom stereocenters. The number of aromatic nitrogens is 1. The molecule has 0 spiro atoms. The van der Waals surface area contributed by atoms with Crippen molar-refractivity contribution in [3.63, 3.8) is 0 Å². The predicted octanol–water partition coefficient (Wildman–Crippen LogP) is 5.15.